The first kappa shape index (κ1) is 11.3. The van der Waals surface area contributed by atoms with E-state index in [1.165, 1.54) is 0 Å². The fourth-order valence-corrected chi connectivity index (χ4v) is 0.979. The molecule has 0 heterocycles. The minimum Gasteiger partial charge on any atom is -0.484 e. The van der Waals surface area contributed by atoms with Crippen molar-refractivity contribution in [3.8, 4) is 5.75 Å². The van der Waals surface area contributed by atoms with E-state index in [9.17, 15) is 9.59 Å². The topological polar surface area (TPSA) is 81.4 Å². The Morgan fingerprint density at radius 2 is 1.93 bits per heavy atom. The number of benzene rings is 1. The lowest BCUT2D eigenvalue weighted by atomic mass is 10.3. The van der Waals surface area contributed by atoms with E-state index < -0.39 is 11.9 Å². The highest BCUT2D eigenvalue weighted by Gasteiger charge is 2.04. The number of urea groups is 1. The largest absolute Gasteiger partial charge is 0.484 e. The number of carbonyl (C=O) groups is 2. The minimum absolute atomic E-state index is 0.273. The summed E-state index contributed by atoms with van der Waals surface area (Å²) in [6.45, 7) is -0.273. The summed E-state index contributed by atoms with van der Waals surface area (Å²) in [5.74, 6) is -0.114. The van der Waals surface area contributed by atoms with Crippen molar-refractivity contribution in [1.82, 2.24) is 5.32 Å². The van der Waals surface area contributed by atoms with E-state index in [4.69, 9.17) is 22.1 Å². The smallest absolute Gasteiger partial charge is 0.318 e. The average Bonchev–Trinajstić information content (AvgIpc) is 2.16. The molecule has 3 amide bonds. The van der Waals surface area contributed by atoms with Crippen LogP contribution in [-0.2, 0) is 4.79 Å². The van der Waals surface area contributed by atoms with Gasteiger partial charge in [-0.25, -0.2) is 4.79 Å². The summed E-state index contributed by atoms with van der Waals surface area (Å²) in [5.41, 5.74) is 4.74. The Morgan fingerprint density at radius 3 is 2.47 bits per heavy atom. The molecule has 0 aliphatic rings. The lowest BCUT2D eigenvalue weighted by molar-refractivity contribution is -0.121. The second-order valence-electron chi connectivity index (χ2n) is 2.66. The summed E-state index contributed by atoms with van der Waals surface area (Å²) in [5, 5.41) is 2.45. The Morgan fingerprint density at radius 1 is 1.33 bits per heavy atom. The Balaban J connectivity index is 2.40. The Hall–Kier alpha value is -1.75. The molecule has 0 bridgehead atoms. The van der Waals surface area contributed by atoms with Crippen molar-refractivity contribution in [2.45, 2.75) is 0 Å². The van der Waals surface area contributed by atoms with Gasteiger partial charge < -0.3 is 10.5 Å². The van der Waals surface area contributed by atoms with Crippen molar-refractivity contribution in [2.75, 3.05) is 6.61 Å². The van der Waals surface area contributed by atoms with Crippen molar-refractivity contribution >= 4 is 23.5 Å². The first-order valence-electron chi connectivity index (χ1n) is 4.05. The summed E-state index contributed by atoms with van der Waals surface area (Å²) in [6.07, 6.45) is 0. The van der Waals surface area contributed by atoms with Crippen LogP contribution in [0.15, 0.2) is 24.3 Å². The van der Waals surface area contributed by atoms with E-state index in [-0.39, 0.29) is 6.61 Å². The molecule has 15 heavy (non-hydrogen) atoms. The van der Waals surface area contributed by atoms with Gasteiger partial charge in [0.25, 0.3) is 5.91 Å². The van der Waals surface area contributed by atoms with Crippen LogP contribution in [0.2, 0.25) is 5.02 Å². The van der Waals surface area contributed by atoms with Crippen LogP contribution in [0, 0.1) is 0 Å². The maximum absolute atomic E-state index is 10.9. The number of nitrogens with two attached hydrogens (primary N) is 1. The highest BCUT2D eigenvalue weighted by atomic mass is 35.5. The van der Waals surface area contributed by atoms with E-state index in [1.54, 1.807) is 24.3 Å². The van der Waals surface area contributed by atoms with E-state index >= 15 is 0 Å². The van der Waals surface area contributed by atoms with Crippen LogP contribution in [0.1, 0.15) is 0 Å². The molecular weight excluding hydrogens is 220 g/mol. The molecule has 0 aromatic heterocycles. The molecule has 80 valence electrons. The zero-order valence-corrected chi connectivity index (χ0v) is 8.45. The number of amides is 3. The molecule has 0 unspecified atom stereocenters. The standard InChI is InChI=1S/C9H9ClN2O3/c10-6-1-3-7(4-2-6)15-5-8(13)12-9(11)14/h1-4H,5H2,(H3,11,12,13,14). The molecule has 0 atom stereocenters. The van der Waals surface area contributed by atoms with Gasteiger partial charge in [0.1, 0.15) is 5.75 Å². The van der Waals surface area contributed by atoms with Crippen LogP contribution in [0.5, 0.6) is 5.75 Å². The van der Waals surface area contributed by atoms with Gasteiger partial charge in [-0.2, -0.15) is 0 Å². The number of halogens is 1. The van der Waals surface area contributed by atoms with Crippen LogP contribution in [0.3, 0.4) is 0 Å². The molecule has 0 radical (unpaired) electrons. The molecule has 0 aliphatic heterocycles. The highest BCUT2D eigenvalue weighted by molar-refractivity contribution is 6.30. The van der Waals surface area contributed by atoms with Crippen molar-refractivity contribution in [1.29, 1.82) is 0 Å². The van der Waals surface area contributed by atoms with Gasteiger partial charge in [0.05, 0.1) is 0 Å². The number of carbonyl (C=O) groups excluding carboxylic acids is 2. The lowest BCUT2D eigenvalue weighted by Gasteiger charge is -2.04. The SMILES string of the molecule is NC(=O)NC(=O)COc1ccc(Cl)cc1. The number of nitrogens with one attached hydrogen (secondary N) is 1. The maximum Gasteiger partial charge on any atom is 0.318 e. The van der Waals surface area contributed by atoms with E-state index in [0.29, 0.717) is 10.8 Å². The Bertz CT molecular complexity index is 364. The second-order valence-corrected chi connectivity index (χ2v) is 3.09. The molecule has 1 aromatic carbocycles. The van der Waals surface area contributed by atoms with Gasteiger partial charge in [-0.15, -0.1) is 0 Å². The quantitative estimate of drug-likeness (QED) is 0.807. The number of ether oxygens (including phenoxy) is 1. The molecule has 0 saturated heterocycles. The molecule has 0 fully saturated rings. The van der Waals surface area contributed by atoms with Gasteiger partial charge in [0, 0.05) is 5.02 Å². The first-order valence-corrected chi connectivity index (χ1v) is 4.43. The fourth-order valence-electron chi connectivity index (χ4n) is 0.853. The van der Waals surface area contributed by atoms with Crippen molar-refractivity contribution in [2.24, 2.45) is 5.73 Å². The second kappa shape index (κ2) is 5.21. The van der Waals surface area contributed by atoms with Crippen LogP contribution in [0.25, 0.3) is 0 Å². The summed E-state index contributed by atoms with van der Waals surface area (Å²) < 4.78 is 5.05. The minimum atomic E-state index is -0.903. The lowest BCUT2D eigenvalue weighted by Crippen LogP contribution is -2.38. The predicted molar refractivity (Wildman–Crippen MR) is 54.7 cm³/mol. The van der Waals surface area contributed by atoms with Crippen molar-refractivity contribution in [3.05, 3.63) is 29.3 Å². The highest BCUT2D eigenvalue weighted by Crippen LogP contribution is 2.15. The van der Waals surface area contributed by atoms with Crippen molar-refractivity contribution in [3.63, 3.8) is 0 Å². The van der Waals surface area contributed by atoms with Crippen LogP contribution < -0.4 is 15.8 Å². The number of primary amides is 1. The van der Waals surface area contributed by atoms with Gasteiger partial charge in [-0.1, -0.05) is 11.6 Å². The molecule has 1 aromatic rings. The van der Waals surface area contributed by atoms with Crippen LogP contribution in [0.4, 0.5) is 4.79 Å². The third-order valence-corrected chi connectivity index (χ3v) is 1.70. The molecule has 1 rings (SSSR count). The van der Waals surface area contributed by atoms with Gasteiger partial charge in [-0.3, -0.25) is 10.1 Å². The molecule has 0 aliphatic carbocycles. The summed E-state index contributed by atoms with van der Waals surface area (Å²) in [6, 6.07) is 5.57. The zero-order chi connectivity index (χ0) is 11.3. The van der Waals surface area contributed by atoms with Gasteiger partial charge in [-0.05, 0) is 24.3 Å². The normalized spacial score (nSPS) is 9.40. The number of hydrogen-bond donors (Lipinski definition) is 2. The molecule has 3 N–H and O–H groups in total. The summed E-state index contributed by atoms with van der Waals surface area (Å²) in [4.78, 5) is 21.2. The van der Waals surface area contributed by atoms with E-state index in [2.05, 4.69) is 0 Å². The first-order chi connectivity index (χ1) is 7.08. The molecule has 6 heteroatoms. The van der Waals surface area contributed by atoms with Gasteiger partial charge in [0.15, 0.2) is 6.61 Å². The Kier molecular flexibility index (Phi) is 3.93. The number of rotatable bonds is 3. The fraction of sp³-hybridized carbons (Fsp3) is 0.111. The number of hydrogen-bond acceptors (Lipinski definition) is 3. The molecular formula is C9H9ClN2O3. The van der Waals surface area contributed by atoms with Crippen LogP contribution >= 0.6 is 11.6 Å². The van der Waals surface area contributed by atoms with Crippen molar-refractivity contribution < 1.29 is 14.3 Å². The van der Waals surface area contributed by atoms with Gasteiger partial charge in [0.2, 0.25) is 0 Å². The van der Waals surface area contributed by atoms with Gasteiger partial charge >= 0.3 is 6.03 Å². The predicted octanol–water partition coefficient (Wildman–Crippen LogP) is 0.914. The number of imide groups is 1. The van der Waals surface area contributed by atoms with E-state index in [1.807, 2.05) is 5.32 Å². The third kappa shape index (κ3) is 4.33. The molecule has 5 nitrogen and oxygen atoms in total. The summed E-state index contributed by atoms with van der Waals surface area (Å²) in [7, 11) is 0. The zero-order valence-electron chi connectivity index (χ0n) is 7.70. The Labute approximate surface area is 91.2 Å². The van der Waals surface area contributed by atoms with Crippen LogP contribution in [-0.4, -0.2) is 18.5 Å². The van der Waals surface area contributed by atoms with E-state index in [0.717, 1.165) is 0 Å². The molecule has 0 saturated carbocycles. The third-order valence-electron chi connectivity index (χ3n) is 1.45. The average molecular weight is 229 g/mol. The monoisotopic (exact) mass is 228 g/mol. The maximum atomic E-state index is 10.9. The molecule has 0 spiro atoms. The summed E-state index contributed by atoms with van der Waals surface area (Å²) >= 11 is 5.65.